The molecule has 3 rings (SSSR count). The van der Waals surface area contributed by atoms with E-state index < -0.39 is 11.5 Å². The fourth-order valence-electron chi connectivity index (χ4n) is 2.69. The minimum absolute atomic E-state index is 0.0644. The third-order valence-corrected chi connectivity index (χ3v) is 4.14. The van der Waals surface area contributed by atoms with Gasteiger partial charge in [0.15, 0.2) is 11.5 Å². The minimum Gasteiger partial charge on any atom is -0.493 e. The second-order valence-electron chi connectivity index (χ2n) is 5.93. The van der Waals surface area contributed by atoms with Crippen LogP contribution in [0.1, 0.15) is 11.1 Å². The molecule has 1 aromatic carbocycles. The molecule has 3 aromatic rings. The lowest BCUT2D eigenvalue weighted by molar-refractivity contribution is -0.135. The van der Waals surface area contributed by atoms with Crippen LogP contribution in [-0.4, -0.2) is 29.6 Å². The Morgan fingerprint density at radius 2 is 1.90 bits per heavy atom. The van der Waals surface area contributed by atoms with Crippen molar-refractivity contribution in [2.24, 2.45) is 0 Å². The van der Waals surface area contributed by atoms with Crippen molar-refractivity contribution in [3.63, 3.8) is 0 Å². The van der Waals surface area contributed by atoms with Gasteiger partial charge in [0.1, 0.15) is 22.9 Å². The van der Waals surface area contributed by atoms with Crippen LogP contribution in [-0.2, 0) is 9.53 Å². The summed E-state index contributed by atoms with van der Waals surface area (Å²) >= 11 is 0. The van der Waals surface area contributed by atoms with E-state index in [2.05, 4.69) is 9.72 Å². The molecule has 0 atom stereocenters. The quantitative estimate of drug-likeness (QED) is 0.374. The second-order valence-corrected chi connectivity index (χ2v) is 5.93. The Hall–Kier alpha value is -4.12. The molecule has 0 spiro atoms. The molecule has 0 amide bonds. The van der Waals surface area contributed by atoms with Crippen LogP contribution in [0, 0.1) is 18.3 Å². The number of rotatable bonds is 5. The average molecular weight is 391 g/mol. The fourth-order valence-corrected chi connectivity index (χ4v) is 2.69. The molecule has 8 heteroatoms. The van der Waals surface area contributed by atoms with Gasteiger partial charge in [-0.15, -0.1) is 0 Å². The molecule has 0 saturated carbocycles. The van der Waals surface area contributed by atoms with Gasteiger partial charge in [0.2, 0.25) is 5.88 Å². The molecule has 29 heavy (non-hydrogen) atoms. The lowest BCUT2D eigenvalue weighted by Gasteiger charge is -2.13. The van der Waals surface area contributed by atoms with Gasteiger partial charge in [-0.05, 0) is 36.8 Å². The summed E-state index contributed by atoms with van der Waals surface area (Å²) < 4.78 is 17.1. The van der Waals surface area contributed by atoms with Crippen molar-refractivity contribution in [2.45, 2.75) is 6.92 Å². The normalized spacial score (nSPS) is 11.0. The van der Waals surface area contributed by atoms with Gasteiger partial charge in [0, 0.05) is 6.20 Å². The molecule has 146 valence electrons. The first-order valence-corrected chi connectivity index (χ1v) is 8.53. The SMILES string of the molecule is COC(=O)C(C#N)=Cc1c(Oc2ccccc2OC)nc2c(C)cccn2c1=O. The Morgan fingerprint density at radius 1 is 1.17 bits per heavy atom. The Kier molecular flexibility index (Phi) is 5.60. The van der Waals surface area contributed by atoms with E-state index in [0.717, 1.165) is 18.7 Å². The van der Waals surface area contributed by atoms with Crippen LogP contribution in [0.4, 0.5) is 0 Å². The van der Waals surface area contributed by atoms with Crippen molar-refractivity contribution in [1.29, 1.82) is 5.26 Å². The summed E-state index contributed by atoms with van der Waals surface area (Å²) in [5.74, 6) is -0.177. The summed E-state index contributed by atoms with van der Waals surface area (Å²) in [6.45, 7) is 1.80. The van der Waals surface area contributed by atoms with Crippen LogP contribution in [0.2, 0.25) is 0 Å². The molecular formula is C21H17N3O5. The molecule has 0 N–H and O–H groups in total. The molecule has 0 aliphatic rings. The Balaban J connectivity index is 2.30. The number of nitrogens with zero attached hydrogens (tertiary/aromatic N) is 3. The van der Waals surface area contributed by atoms with Gasteiger partial charge in [-0.3, -0.25) is 9.20 Å². The molecule has 0 fully saturated rings. The Labute approximate surface area is 166 Å². The largest absolute Gasteiger partial charge is 0.493 e. The maximum Gasteiger partial charge on any atom is 0.348 e. The number of aryl methyl sites for hydroxylation is 1. The average Bonchev–Trinajstić information content (AvgIpc) is 2.74. The van der Waals surface area contributed by atoms with E-state index in [1.54, 1.807) is 55.6 Å². The predicted octanol–water partition coefficient (Wildman–Crippen LogP) is 2.88. The number of benzene rings is 1. The molecule has 8 nitrogen and oxygen atoms in total. The van der Waals surface area contributed by atoms with E-state index in [0.29, 0.717) is 17.1 Å². The predicted molar refractivity (Wildman–Crippen MR) is 105 cm³/mol. The second kappa shape index (κ2) is 8.27. The summed E-state index contributed by atoms with van der Waals surface area (Å²) in [4.78, 5) is 29.4. The summed E-state index contributed by atoms with van der Waals surface area (Å²) in [5.41, 5.74) is 0.208. The Bertz CT molecular complexity index is 1220. The third kappa shape index (κ3) is 3.80. The number of hydrogen-bond acceptors (Lipinski definition) is 7. The van der Waals surface area contributed by atoms with Crippen LogP contribution < -0.4 is 15.0 Å². The van der Waals surface area contributed by atoms with E-state index in [9.17, 15) is 14.9 Å². The van der Waals surface area contributed by atoms with E-state index in [-0.39, 0.29) is 17.0 Å². The number of pyridine rings is 1. The van der Waals surface area contributed by atoms with E-state index in [1.807, 2.05) is 0 Å². The van der Waals surface area contributed by atoms with Gasteiger partial charge < -0.3 is 14.2 Å². The molecule has 0 bridgehead atoms. The summed E-state index contributed by atoms with van der Waals surface area (Å²) in [6, 6.07) is 12.1. The first-order valence-electron chi connectivity index (χ1n) is 8.53. The van der Waals surface area contributed by atoms with Gasteiger partial charge >= 0.3 is 5.97 Å². The first kappa shape index (κ1) is 19.6. The number of esters is 1. The molecule has 0 unspecified atom stereocenters. The highest BCUT2D eigenvalue weighted by atomic mass is 16.5. The molecule has 0 radical (unpaired) electrons. The van der Waals surface area contributed by atoms with Gasteiger partial charge in [0.25, 0.3) is 5.56 Å². The van der Waals surface area contributed by atoms with Crippen molar-refractivity contribution in [3.05, 3.63) is 69.6 Å². The highest BCUT2D eigenvalue weighted by Crippen LogP contribution is 2.32. The van der Waals surface area contributed by atoms with Crippen LogP contribution >= 0.6 is 0 Å². The fraction of sp³-hybridized carbons (Fsp3) is 0.143. The minimum atomic E-state index is -0.871. The molecule has 2 heterocycles. The summed E-state index contributed by atoms with van der Waals surface area (Å²) in [7, 11) is 2.63. The standard InChI is InChI=1S/C21H17N3O5/c1-13-7-6-10-24-18(13)23-19(29-17-9-5-4-8-16(17)27-2)15(20(24)25)11-14(12-22)21(26)28-3/h4-11H,1-3H3. The summed E-state index contributed by atoms with van der Waals surface area (Å²) in [5, 5.41) is 9.29. The highest BCUT2D eigenvalue weighted by molar-refractivity contribution is 5.98. The van der Waals surface area contributed by atoms with Gasteiger partial charge in [0.05, 0.1) is 14.2 Å². The van der Waals surface area contributed by atoms with Crippen LogP contribution in [0.3, 0.4) is 0 Å². The lowest BCUT2D eigenvalue weighted by Crippen LogP contribution is -2.20. The highest BCUT2D eigenvalue weighted by Gasteiger charge is 2.19. The van der Waals surface area contributed by atoms with Crippen molar-refractivity contribution < 1.29 is 19.0 Å². The number of aromatic nitrogens is 2. The molecule has 0 saturated heterocycles. The number of hydrogen-bond donors (Lipinski definition) is 0. The van der Waals surface area contributed by atoms with Crippen molar-refractivity contribution in [2.75, 3.05) is 14.2 Å². The monoisotopic (exact) mass is 391 g/mol. The van der Waals surface area contributed by atoms with Gasteiger partial charge in [-0.2, -0.15) is 10.2 Å². The number of methoxy groups -OCH3 is 2. The number of ether oxygens (including phenoxy) is 3. The van der Waals surface area contributed by atoms with Crippen molar-refractivity contribution in [1.82, 2.24) is 9.38 Å². The van der Waals surface area contributed by atoms with Crippen LogP contribution in [0.15, 0.2) is 53.0 Å². The van der Waals surface area contributed by atoms with Gasteiger partial charge in [-0.1, -0.05) is 18.2 Å². The molecular weight excluding hydrogens is 374 g/mol. The molecule has 0 aliphatic carbocycles. The van der Waals surface area contributed by atoms with Crippen LogP contribution in [0.25, 0.3) is 11.7 Å². The third-order valence-electron chi connectivity index (χ3n) is 4.14. The Morgan fingerprint density at radius 3 is 2.55 bits per heavy atom. The topological polar surface area (TPSA) is 103 Å². The van der Waals surface area contributed by atoms with Gasteiger partial charge in [-0.25, -0.2) is 4.79 Å². The van der Waals surface area contributed by atoms with E-state index in [4.69, 9.17) is 9.47 Å². The maximum absolute atomic E-state index is 13.1. The first-order chi connectivity index (χ1) is 14.0. The molecule has 2 aromatic heterocycles. The van der Waals surface area contributed by atoms with Crippen molar-refractivity contribution in [3.8, 4) is 23.4 Å². The number of carbonyl (C=O) groups is 1. The molecule has 0 aliphatic heterocycles. The smallest absolute Gasteiger partial charge is 0.348 e. The zero-order valence-electron chi connectivity index (χ0n) is 16.0. The van der Waals surface area contributed by atoms with E-state index in [1.165, 1.54) is 11.5 Å². The summed E-state index contributed by atoms with van der Waals surface area (Å²) in [6.07, 6.45) is 2.66. The lowest BCUT2D eigenvalue weighted by atomic mass is 10.2. The number of nitriles is 1. The van der Waals surface area contributed by atoms with E-state index >= 15 is 0 Å². The maximum atomic E-state index is 13.1. The zero-order valence-corrected chi connectivity index (χ0v) is 16.0. The number of para-hydroxylation sites is 2. The van der Waals surface area contributed by atoms with Crippen LogP contribution in [0.5, 0.6) is 17.4 Å². The number of fused-ring (bicyclic) bond motifs is 1. The van der Waals surface area contributed by atoms with Crippen molar-refractivity contribution >= 4 is 17.7 Å². The number of carbonyl (C=O) groups excluding carboxylic acids is 1. The zero-order chi connectivity index (χ0) is 21.0.